The van der Waals surface area contributed by atoms with Crippen LogP contribution in [0.1, 0.15) is 11.3 Å². The highest BCUT2D eigenvalue weighted by atomic mass is 35.5. The molecule has 0 amide bonds. The normalized spacial score (nSPS) is 13.2. The van der Waals surface area contributed by atoms with E-state index in [4.69, 9.17) is 4.98 Å². The summed E-state index contributed by atoms with van der Waals surface area (Å²) in [5.41, 5.74) is 5.27. The number of pyridine rings is 1. The molecule has 0 spiro atoms. The quantitative estimate of drug-likeness (QED) is 0.567. The van der Waals surface area contributed by atoms with Gasteiger partial charge >= 0.3 is 0 Å². The van der Waals surface area contributed by atoms with Crippen LogP contribution in [0.15, 0.2) is 48.5 Å². The molecule has 1 aromatic heterocycles. The number of nitro benzene ring substituents is 1. The minimum absolute atomic E-state index is 0. The minimum atomic E-state index is -0.355. The molecule has 4 rings (SSSR count). The number of fused-ring (bicyclic) bond motifs is 2. The zero-order chi connectivity index (χ0) is 15.8. The third-order valence-electron chi connectivity index (χ3n) is 4.27. The second-order valence-corrected chi connectivity index (χ2v) is 5.66. The van der Waals surface area contributed by atoms with E-state index in [9.17, 15) is 10.1 Å². The molecule has 1 aliphatic heterocycles. The van der Waals surface area contributed by atoms with Crippen LogP contribution >= 0.6 is 12.4 Å². The van der Waals surface area contributed by atoms with Crippen molar-refractivity contribution in [2.45, 2.75) is 13.0 Å². The summed E-state index contributed by atoms with van der Waals surface area (Å²) in [6.07, 6.45) is 0.877. The maximum absolute atomic E-state index is 11.2. The molecular weight excluding hydrogens is 326 g/mol. The molecule has 2 heterocycles. The van der Waals surface area contributed by atoms with Gasteiger partial charge in [0.2, 0.25) is 0 Å². The molecule has 6 heteroatoms. The lowest BCUT2D eigenvalue weighted by atomic mass is 9.91. The van der Waals surface area contributed by atoms with Crippen molar-refractivity contribution in [3.05, 3.63) is 69.9 Å². The number of hydrogen-bond donors (Lipinski definition) is 1. The number of non-ortho nitro benzene ring substituents is 1. The highest BCUT2D eigenvalue weighted by Crippen LogP contribution is 2.35. The molecule has 0 aliphatic carbocycles. The molecule has 0 atom stereocenters. The molecule has 0 saturated carbocycles. The Morgan fingerprint density at radius 1 is 1.12 bits per heavy atom. The lowest BCUT2D eigenvalue weighted by molar-refractivity contribution is -0.384. The van der Waals surface area contributed by atoms with Gasteiger partial charge in [0.1, 0.15) is 0 Å². The second-order valence-electron chi connectivity index (χ2n) is 5.66. The molecule has 2 aromatic carbocycles. The molecule has 1 aliphatic rings. The summed E-state index contributed by atoms with van der Waals surface area (Å²) in [7, 11) is 0. The predicted octanol–water partition coefficient (Wildman–Crippen LogP) is 3.88. The van der Waals surface area contributed by atoms with Crippen molar-refractivity contribution in [1.82, 2.24) is 10.3 Å². The first kappa shape index (κ1) is 16.4. The molecule has 1 N–H and O–H groups in total. The van der Waals surface area contributed by atoms with Gasteiger partial charge in [0.15, 0.2) is 0 Å². The summed E-state index contributed by atoms with van der Waals surface area (Å²) in [6.45, 7) is 1.65. The van der Waals surface area contributed by atoms with E-state index < -0.39 is 0 Å². The Balaban J connectivity index is 0.00000169. The SMILES string of the molecule is Cl.O=[N+]([O-])c1ccc2nc3c(c(-c4ccccc4)c2c1)CNCC3. The molecule has 24 heavy (non-hydrogen) atoms. The van der Waals surface area contributed by atoms with E-state index in [1.807, 2.05) is 30.3 Å². The predicted molar refractivity (Wildman–Crippen MR) is 96.5 cm³/mol. The molecule has 0 radical (unpaired) electrons. The van der Waals surface area contributed by atoms with E-state index in [2.05, 4.69) is 5.32 Å². The number of halogens is 1. The highest BCUT2D eigenvalue weighted by molar-refractivity contribution is 5.98. The van der Waals surface area contributed by atoms with Crippen molar-refractivity contribution < 1.29 is 4.92 Å². The molecule has 3 aromatic rings. The first-order valence-electron chi connectivity index (χ1n) is 7.60. The Morgan fingerprint density at radius 3 is 2.67 bits per heavy atom. The van der Waals surface area contributed by atoms with Crippen molar-refractivity contribution in [3.63, 3.8) is 0 Å². The van der Waals surface area contributed by atoms with E-state index in [1.54, 1.807) is 12.1 Å². The van der Waals surface area contributed by atoms with Gasteiger partial charge in [-0.1, -0.05) is 30.3 Å². The zero-order valence-corrected chi connectivity index (χ0v) is 13.7. The van der Waals surface area contributed by atoms with Crippen LogP contribution in [0.4, 0.5) is 5.69 Å². The molecular formula is C18H16ClN3O2. The summed E-state index contributed by atoms with van der Waals surface area (Å²) in [4.78, 5) is 15.5. The Hall–Kier alpha value is -2.50. The first-order valence-corrected chi connectivity index (χ1v) is 7.60. The van der Waals surface area contributed by atoms with Crippen LogP contribution in [0, 0.1) is 10.1 Å². The van der Waals surface area contributed by atoms with Crippen molar-refractivity contribution in [2.75, 3.05) is 6.54 Å². The summed E-state index contributed by atoms with van der Waals surface area (Å²) in [6, 6.07) is 15.0. The molecule has 0 unspecified atom stereocenters. The van der Waals surface area contributed by atoms with Crippen LogP contribution in [0.25, 0.3) is 22.0 Å². The van der Waals surface area contributed by atoms with Gasteiger partial charge in [-0.05, 0) is 22.8 Å². The van der Waals surface area contributed by atoms with Gasteiger partial charge < -0.3 is 5.32 Å². The lowest BCUT2D eigenvalue weighted by Gasteiger charge is -2.21. The second kappa shape index (κ2) is 6.55. The number of nitrogens with zero attached hydrogens (tertiary/aromatic N) is 2. The average molecular weight is 342 g/mol. The highest BCUT2D eigenvalue weighted by Gasteiger charge is 2.20. The molecule has 0 fully saturated rings. The van der Waals surface area contributed by atoms with Gasteiger partial charge in [0, 0.05) is 42.7 Å². The fourth-order valence-corrected chi connectivity index (χ4v) is 3.21. The third kappa shape index (κ3) is 2.72. The van der Waals surface area contributed by atoms with Crippen molar-refractivity contribution in [1.29, 1.82) is 0 Å². The van der Waals surface area contributed by atoms with Gasteiger partial charge in [-0.25, -0.2) is 0 Å². The zero-order valence-electron chi connectivity index (χ0n) is 12.9. The fourth-order valence-electron chi connectivity index (χ4n) is 3.21. The summed E-state index contributed by atoms with van der Waals surface area (Å²) in [5, 5.41) is 15.4. The van der Waals surface area contributed by atoms with E-state index >= 15 is 0 Å². The molecule has 122 valence electrons. The number of benzene rings is 2. The van der Waals surface area contributed by atoms with Gasteiger partial charge in [-0.15, -0.1) is 12.4 Å². The van der Waals surface area contributed by atoms with Gasteiger partial charge in [-0.3, -0.25) is 15.1 Å². The number of nitrogens with one attached hydrogen (secondary N) is 1. The van der Waals surface area contributed by atoms with Crippen LogP contribution < -0.4 is 5.32 Å². The van der Waals surface area contributed by atoms with Crippen LogP contribution in [-0.2, 0) is 13.0 Å². The van der Waals surface area contributed by atoms with Crippen LogP contribution in [0.5, 0.6) is 0 Å². The number of hydrogen-bond acceptors (Lipinski definition) is 4. The number of nitro groups is 1. The topological polar surface area (TPSA) is 68.1 Å². The maximum Gasteiger partial charge on any atom is 0.270 e. The number of aromatic nitrogens is 1. The Morgan fingerprint density at radius 2 is 1.92 bits per heavy atom. The van der Waals surface area contributed by atoms with E-state index in [0.29, 0.717) is 0 Å². The molecule has 0 saturated heterocycles. The smallest absolute Gasteiger partial charge is 0.270 e. The van der Waals surface area contributed by atoms with Crippen molar-refractivity contribution in [2.24, 2.45) is 0 Å². The Labute approximate surface area is 145 Å². The summed E-state index contributed by atoms with van der Waals surface area (Å²) in [5.74, 6) is 0. The first-order chi connectivity index (χ1) is 11.2. The minimum Gasteiger partial charge on any atom is -0.312 e. The lowest BCUT2D eigenvalue weighted by Crippen LogP contribution is -2.25. The monoisotopic (exact) mass is 341 g/mol. The van der Waals surface area contributed by atoms with Gasteiger partial charge in [0.25, 0.3) is 5.69 Å². The summed E-state index contributed by atoms with van der Waals surface area (Å²) < 4.78 is 0. The van der Waals surface area contributed by atoms with Crippen molar-refractivity contribution in [3.8, 4) is 11.1 Å². The van der Waals surface area contributed by atoms with Crippen molar-refractivity contribution >= 4 is 29.0 Å². The van der Waals surface area contributed by atoms with E-state index in [-0.39, 0.29) is 23.0 Å². The average Bonchev–Trinajstić information content (AvgIpc) is 2.59. The summed E-state index contributed by atoms with van der Waals surface area (Å²) >= 11 is 0. The van der Waals surface area contributed by atoms with E-state index in [0.717, 1.165) is 52.8 Å². The Bertz CT molecular complexity index is 913. The van der Waals surface area contributed by atoms with Crippen LogP contribution in [0.2, 0.25) is 0 Å². The standard InChI is InChI=1S/C18H15N3O2.ClH/c22-21(23)13-6-7-16-14(10-13)18(12-4-2-1-3-5-12)15-11-19-9-8-17(15)20-16;/h1-7,10,19H,8-9,11H2;1H. The number of rotatable bonds is 2. The third-order valence-corrected chi connectivity index (χ3v) is 4.27. The molecule has 5 nitrogen and oxygen atoms in total. The maximum atomic E-state index is 11.2. The Kier molecular flexibility index (Phi) is 4.46. The largest absolute Gasteiger partial charge is 0.312 e. The van der Waals surface area contributed by atoms with Crippen LogP contribution in [0.3, 0.4) is 0 Å². The fraction of sp³-hybridized carbons (Fsp3) is 0.167. The van der Waals surface area contributed by atoms with Gasteiger partial charge in [0.05, 0.1) is 10.4 Å². The van der Waals surface area contributed by atoms with E-state index in [1.165, 1.54) is 6.07 Å². The van der Waals surface area contributed by atoms with Gasteiger partial charge in [-0.2, -0.15) is 0 Å². The molecule has 0 bridgehead atoms. The van der Waals surface area contributed by atoms with Crippen LogP contribution in [-0.4, -0.2) is 16.5 Å².